The standard InChI is InChI=1S/C23H25F/c1-4-5-11-21-16(2)22(18-9-7-6-8-10-18)23(17(21)3)19-12-14-20(24)15-13-19/h6-10,12-16H,4-5,11H2,1-3H3. The van der Waals surface area contributed by atoms with E-state index in [-0.39, 0.29) is 5.82 Å². The van der Waals surface area contributed by atoms with E-state index in [4.69, 9.17) is 0 Å². The van der Waals surface area contributed by atoms with Crippen molar-refractivity contribution in [3.8, 4) is 0 Å². The first-order chi connectivity index (χ1) is 11.6. The van der Waals surface area contributed by atoms with E-state index in [1.54, 1.807) is 12.1 Å². The Bertz CT molecular complexity index is 763. The Kier molecular flexibility index (Phi) is 4.99. The smallest absolute Gasteiger partial charge is 0.123 e. The molecule has 0 fully saturated rings. The van der Waals surface area contributed by atoms with Gasteiger partial charge < -0.3 is 0 Å². The van der Waals surface area contributed by atoms with Gasteiger partial charge in [-0.05, 0) is 59.7 Å². The number of hydrogen-bond acceptors (Lipinski definition) is 0. The van der Waals surface area contributed by atoms with Crippen LogP contribution >= 0.6 is 0 Å². The van der Waals surface area contributed by atoms with E-state index in [2.05, 4.69) is 51.1 Å². The molecule has 0 aliphatic heterocycles. The zero-order valence-electron chi connectivity index (χ0n) is 14.8. The highest BCUT2D eigenvalue weighted by molar-refractivity contribution is 6.03. The van der Waals surface area contributed by atoms with E-state index in [0.717, 1.165) is 12.0 Å². The van der Waals surface area contributed by atoms with Gasteiger partial charge in [0, 0.05) is 5.92 Å². The van der Waals surface area contributed by atoms with Gasteiger partial charge >= 0.3 is 0 Å². The molecule has 3 rings (SSSR count). The molecule has 1 heteroatoms. The van der Waals surface area contributed by atoms with E-state index in [1.807, 2.05) is 12.1 Å². The Hall–Kier alpha value is -2.15. The SMILES string of the molecule is CCCCC1=C(C)C(c2ccc(F)cc2)=C(c2ccccc2)C1C. The van der Waals surface area contributed by atoms with Gasteiger partial charge in [-0.2, -0.15) is 0 Å². The Balaban J connectivity index is 2.15. The molecule has 1 aliphatic carbocycles. The number of hydrogen-bond donors (Lipinski definition) is 0. The molecule has 1 unspecified atom stereocenters. The zero-order chi connectivity index (χ0) is 17.1. The molecule has 0 aromatic heterocycles. The number of unbranched alkanes of at least 4 members (excludes halogenated alkanes) is 1. The third-order valence-corrected chi connectivity index (χ3v) is 5.10. The maximum Gasteiger partial charge on any atom is 0.123 e. The lowest BCUT2D eigenvalue weighted by atomic mass is 9.88. The first kappa shape index (κ1) is 16.7. The molecule has 0 bridgehead atoms. The third-order valence-electron chi connectivity index (χ3n) is 5.10. The first-order valence-electron chi connectivity index (χ1n) is 8.89. The van der Waals surface area contributed by atoms with Crippen LogP contribution in [0.2, 0.25) is 0 Å². The summed E-state index contributed by atoms with van der Waals surface area (Å²) in [6.45, 7) is 6.78. The van der Waals surface area contributed by atoms with Crippen LogP contribution in [0.5, 0.6) is 0 Å². The van der Waals surface area contributed by atoms with Crippen molar-refractivity contribution in [1.82, 2.24) is 0 Å². The van der Waals surface area contributed by atoms with Crippen LogP contribution in [0.25, 0.3) is 11.1 Å². The molecule has 124 valence electrons. The second-order valence-corrected chi connectivity index (χ2v) is 6.64. The van der Waals surface area contributed by atoms with Crippen molar-refractivity contribution >= 4 is 11.1 Å². The molecule has 0 saturated carbocycles. The third kappa shape index (κ3) is 3.08. The minimum absolute atomic E-state index is 0.181. The lowest BCUT2D eigenvalue weighted by molar-refractivity contribution is 0.627. The number of benzene rings is 2. The maximum atomic E-state index is 13.4. The van der Waals surface area contributed by atoms with Crippen molar-refractivity contribution in [2.24, 2.45) is 5.92 Å². The molecule has 0 heterocycles. The predicted molar refractivity (Wildman–Crippen MR) is 101 cm³/mol. The first-order valence-corrected chi connectivity index (χ1v) is 8.89. The summed E-state index contributed by atoms with van der Waals surface area (Å²) in [6, 6.07) is 17.6. The summed E-state index contributed by atoms with van der Waals surface area (Å²) in [4.78, 5) is 0. The fourth-order valence-corrected chi connectivity index (χ4v) is 3.85. The quantitative estimate of drug-likeness (QED) is 0.562. The fraction of sp³-hybridized carbons (Fsp3) is 0.304. The maximum absolute atomic E-state index is 13.4. The molecular formula is C23H25F. The molecule has 24 heavy (non-hydrogen) atoms. The number of rotatable bonds is 5. The average molecular weight is 320 g/mol. The molecule has 0 N–H and O–H groups in total. The molecule has 0 nitrogen and oxygen atoms in total. The van der Waals surface area contributed by atoms with Crippen molar-refractivity contribution in [2.45, 2.75) is 40.0 Å². The molecule has 1 atom stereocenters. The molecule has 1 aliphatic rings. The highest BCUT2D eigenvalue weighted by atomic mass is 19.1. The van der Waals surface area contributed by atoms with Crippen LogP contribution < -0.4 is 0 Å². The Morgan fingerprint density at radius 3 is 2.21 bits per heavy atom. The molecule has 0 spiro atoms. The summed E-state index contributed by atoms with van der Waals surface area (Å²) in [7, 11) is 0. The number of allylic oxidation sites excluding steroid dienone is 4. The van der Waals surface area contributed by atoms with Crippen LogP contribution in [0.1, 0.15) is 51.2 Å². The van der Waals surface area contributed by atoms with Gasteiger partial charge in [-0.25, -0.2) is 4.39 Å². The molecule has 0 amide bonds. The monoisotopic (exact) mass is 320 g/mol. The summed E-state index contributed by atoms with van der Waals surface area (Å²) in [5, 5.41) is 0. The predicted octanol–water partition coefficient (Wildman–Crippen LogP) is 6.89. The highest BCUT2D eigenvalue weighted by Gasteiger charge is 2.29. The van der Waals surface area contributed by atoms with Gasteiger partial charge in [0.25, 0.3) is 0 Å². The summed E-state index contributed by atoms with van der Waals surface area (Å²) in [6.07, 6.45) is 3.57. The van der Waals surface area contributed by atoms with Crippen LogP contribution in [-0.2, 0) is 0 Å². The second kappa shape index (κ2) is 7.17. The Labute approximate surface area is 144 Å². The van der Waals surface area contributed by atoms with E-state index in [9.17, 15) is 4.39 Å². The van der Waals surface area contributed by atoms with Crippen molar-refractivity contribution in [2.75, 3.05) is 0 Å². The van der Waals surface area contributed by atoms with E-state index in [1.165, 1.54) is 40.7 Å². The second-order valence-electron chi connectivity index (χ2n) is 6.64. The molecule has 0 saturated heterocycles. The summed E-state index contributed by atoms with van der Waals surface area (Å²) < 4.78 is 13.4. The van der Waals surface area contributed by atoms with Gasteiger partial charge in [-0.3, -0.25) is 0 Å². The highest BCUT2D eigenvalue weighted by Crippen LogP contribution is 2.48. The van der Waals surface area contributed by atoms with E-state index in [0.29, 0.717) is 5.92 Å². The summed E-state index contributed by atoms with van der Waals surface area (Å²) in [5.41, 5.74) is 7.98. The topological polar surface area (TPSA) is 0 Å². The average Bonchev–Trinajstić information content (AvgIpc) is 2.85. The van der Waals surface area contributed by atoms with Gasteiger partial charge in [0.05, 0.1) is 0 Å². The van der Waals surface area contributed by atoms with Crippen LogP contribution in [0.4, 0.5) is 4.39 Å². The van der Waals surface area contributed by atoms with Gasteiger partial charge in [0.1, 0.15) is 5.82 Å². The largest absolute Gasteiger partial charge is 0.207 e. The van der Waals surface area contributed by atoms with Crippen molar-refractivity contribution in [3.05, 3.63) is 82.7 Å². The van der Waals surface area contributed by atoms with Gasteiger partial charge in [0.15, 0.2) is 0 Å². The minimum Gasteiger partial charge on any atom is -0.207 e. The normalized spacial score (nSPS) is 17.8. The molecule has 2 aromatic rings. The lowest BCUT2D eigenvalue weighted by Gasteiger charge is -2.16. The van der Waals surface area contributed by atoms with Crippen LogP contribution in [0, 0.1) is 11.7 Å². The van der Waals surface area contributed by atoms with E-state index < -0.39 is 0 Å². The van der Waals surface area contributed by atoms with Gasteiger partial charge in [-0.1, -0.05) is 68.3 Å². The zero-order valence-corrected chi connectivity index (χ0v) is 14.8. The van der Waals surface area contributed by atoms with Gasteiger partial charge in [-0.15, -0.1) is 0 Å². The lowest BCUT2D eigenvalue weighted by Crippen LogP contribution is -1.99. The van der Waals surface area contributed by atoms with E-state index >= 15 is 0 Å². The molecular weight excluding hydrogens is 295 g/mol. The van der Waals surface area contributed by atoms with Gasteiger partial charge in [0.2, 0.25) is 0 Å². The van der Waals surface area contributed by atoms with Crippen LogP contribution in [0.3, 0.4) is 0 Å². The summed E-state index contributed by atoms with van der Waals surface area (Å²) >= 11 is 0. The summed E-state index contributed by atoms with van der Waals surface area (Å²) in [5.74, 6) is 0.235. The van der Waals surface area contributed by atoms with Crippen molar-refractivity contribution < 1.29 is 4.39 Å². The Morgan fingerprint density at radius 2 is 1.58 bits per heavy atom. The van der Waals surface area contributed by atoms with Crippen LogP contribution in [-0.4, -0.2) is 0 Å². The molecule has 2 aromatic carbocycles. The minimum atomic E-state index is -0.181. The fourth-order valence-electron chi connectivity index (χ4n) is 3.85. The van der Waals surface area contributed by atoms with Crippen molar-refractivity contribution in [3.63, 3.8) is 0 Å². The molecule has 0 radical (unpaired) electrons. The number of halogens is 1. The van der Waals surface area contributed by atoms with Crippen molar-refractivity contribution in [1.29, 1.82) is 0 Å². The van der Waals surface area contributed by atoms with Crippen LogP contribution in [0.15, 0.2) is 65.7 Å². The Morgan fingerprint density at radius 1 is 0.917 bits per heavy atom.